The van der Waals surface area contributed by atoms with Crippen molar-refractivity contribution in [3.05, 3.63) is 59.0 Å². The molecule has 2 aliphatic rings. The molecule has 7 nitrogen and oxygen atoms in total. The number of carbonyl (C=O) groups excluding carboxylic acids is 2. The van der Waals surface area contributed by atoms with Gasteiger partial charge >= 0.3 is 11.9 Å². The number of carbonyl (C=O) groups is 2. The van der Waals surface area contributed by atoms with Crippen molar-refractivity contribution in [2.45, 2.75) is 5.75 Å². The molecule has 0 N–H and O–H groups in total. The Bertz CT molecular complexity index is 1060. The Labute approximate surface area is 170 Å². The summed E-state index contributed by atoms with van der Waals surface area (Å²) in [6.07, 6.45) is 1.53. The molecule has 0 radical (unpaired) electrons. The Hall–Kier alpha value is -2.71. The molecule has 0 aliphatic carbocycles. The first-order valence-electron chi connectivity index (χ1n) is 8.46. The van der Waals surface area contributed by atoms with E-state index in [1.54, 1.807) is 19.2 Å². The Morgan fingerprint density at radius 3 is 2.79 bits per heavy atom. The lowest BCUT2D eigenvalue weighted by Gasteiger charge is -2.26. The van der Waals surface area contributed by atoms with Crippen molar-refractivity contribution in [3.63, 3.8) is 0 Å². The fraction of sp³-hybridized carbons (Fsp3) is 0.211. The molecule has 0 saturated heterocycles. The summed E-state index contributed by atoms with van der Waals surface area (Å²) in [5.74, 6) is 0.653. The number of benzene rings is 1. The van der Waals surface area contributed by atoms with Crippen molar-refractivity contribution >= 4 is 52.0 Å². The predicted octanol–water partition coefficient (Wildman–Crippen LogP) is 3.27. The highest BCUT2D eigenvalue weighted by Crippen LogP contribution is 2.29. The molecule has 0 fully saturated rings. The number of furan rings is 1. The average Bonchev–Trinajstić information content (AvgIpc) is 3.23. The van der Waals surface area contributed by atoms with E-state index in [-0.39, 0.29) is 5.91 Å². The van der Waals surface area contributed by atoms with E-state index in [0.29, 0.717) is 33.3 Å². The quantitative estimate of drug-likeness (QED) is 0.721. The maximum absolute atomic E-state index is 12.8. The highest BCUT2D eigenvalue weighted by Gasteiger charge is 2.49. The zero-order valence-corrected chi connectivity index (χ0v) is 16.7. The largest absolute Gasteiger partial charge is 0.459 e. The van der Waals surface area contributed by atoms with Gasteiger partial charge < -0.3 is 4.42 Å². The van der Waals surface area contributed by atoms with Gasteiger partial charge in [-0.3, -0.25) is 4.79 Å². The van der Waals surface area contributed by atoms with Gasteiger partial charge in [0.15, 0.2) is 11.7 Å². The SMILES string of the molecule is CN1C(=O)C2C(SCc3cccc(Cl)c3)=NC(c3ccco3)=NC2=[N+](C)C1=O. The van der Waals surface area contributed by atoms with Gasteiger partial charge in [0.2, 0.25) is 0 Å². The fourth-order valence-corrected chi connectivity index (χ4v) is 4.22. The molecular formula is C19H16ClN4O3S+. The average molecular weight is 416 g/mol. The lowest BCUT2D eigenvalue weighted by atomic mass is 10.0. The van der Waals surface area contributed by atoms with Crippen LogP contribution in [0.1, 0.15) is 11.3 Å². The molecule has 1 aromatic carbocycles. The molecule has 2 aliphatic heterocycles. The maximum atomic E-state index is 12.8. The standard InChI is InChI=1S/C19H16ClN4O3S/c1-23-16-14(18(25)24(2)19(23)26)17(22-15(21-16)13-7-4-8-27-13)28-10-11-5-3-6-12(20)9-11/h3-9,14H,10H2,1-2H3/q+1. The number of halogens is 1. The van der Waals surface area contributed by atoms with Crippen LogP contribution in [0.3, 0.4) is 0 Å². The first-order chi connectivity index (χ1) is 13.5. The third-order valence-corrected chi connectivity index (χ3v) is 5.79. The van der Waals surface area contributed by atoms with E-state index < -0.39 is 11.9 Å². The summed E-state index contributed by atoms with van der Waals surface area (Å²) in [5, 5.41) is 1.21. The molecule has 2 aromatic rings. The normalized spacial score (nSPS) is 19.5. The molecule has 3 heterocycles. The van der Waals surface area contributed by atoms with Crippen molar-refractivity contribution in [2.24, 2.45) is 15.9 Å². The molecular weight excluding hydrogens is 400 g/mol. The van der Waals surface area contributed by atoms with Gasteiger partial charge in [-0.05, 0) is 29.8 Å². The highest BCUT2D eigenvalue weighted by molar-refractivity contribution is 8.13. The second kappa shape index (κ2) is 7.37. The molecule has 0 bridgehead atoms. The monoisotopic (exact) mass is 415 g/mol. The molecule has 0 spiro atoms. The molecule has 3 amide bonds. The minimum absolute atomic E-state index is 0.335. The van der Waals surface area contributed by atoms with E-state index in [1.807, 2.05) is 24.3 Å². The summed E-state index contributed by atoms with van der Waals surface area (Å²) < 4.78 is 6.79. The van der Waals surface area contributed by atoms with E-state index in [1.165, 1.54) is 29.6 Å². The van der Waals surface area contributed by atoms with Crippen LogP contribution in [0, 0.1) is 5.92 Å². The van der Waals surface area contributed by atoms with E-state index >= 15 is 0 Å². The Balaban J connectivity index is 1.75. The molecule has 9 heteroatoms. The fourth-order valence-electron chi connectivity index (χ4n) is 2.99. The predicted molar refractivity (Wildman–Crippen MR) is 108 cm³/mol. The number of hydrogen-bond donors (Lipinski definition) is 0. The summed E-state index contributed by atoms with van der Waals surface area (Å²) in [5.41, 5.74) is 1.00. The first-order valence-corrected chi connectivity index (χ1v) is 9.82. The summed E-state index contributed by atoms with van der Waals surface area (Å²) in [4.78, 5) is 35.3. The zero-order chi connectivity index (χ0) is 19.8. The van der Waals surface area contributed by atoms with Crippen molar-refractivity contribution < 1.29 is 18.6 Å². The number of thioether (sulfide) groups is 1. The van der Waals surface area contributed by atoms with E-state index in [9.17, 15) is 9.59 Å². The second-order valence-electron chi connectivity index (χ2n) is 6.31. The number of imide groups is 1. The summed E-state index contributed by atoms with van der Waals surface area (Å²) in [6, 6.07) is 10.5. The zero-order valence-electron chi connectivity index (χ0n) is 15.1. The Kier molecular flexibility index (Phi) is 4.91. The maximum Gasteiger partial charge on any atom is 0.445 e. The van der Waals surface area contributed by atoms with Crippen molar-refractivity contribution in [1.29, 1.82) is 0 Å². The van der Waals surface area contributed by atoms with Crippen LogP contribution >= 0.6 is 23.4 Å². The number of amides is 3. The first kappa shape index (κ1) is 18.6. The van der Waals surface area contributed by atoms with E-state index in [2.05, 4.69) is 9.98 Å². The minimum atomic E-state index is -0.726. The van der Waals surface area contributed by atoms with Crippen molar-refractivity contribution in [2.75, 3.05) is 14.1 Å². The van der Waals surface area contributed by atoms with Gasteiger partial charge in [-0.15, -0.1) is 11.8 Å². The van der Waals surface area contributed by atoms with Crippen LogP contribution in [0.15, 0.2) is 57.1 Å². The van der Waals surface area contributed by atoms with Crippen LogP contribution in [-0.2, 0) is 10.5 Å². The van der Waals surface area contributed by atoms with Crippen LogP contribution < -0.4 is 0 Å². The van der Waals surface area contributed by atoms with Gasteiger partial charge in [0, 0.05) is 10.8 Å². The summed E-state index contributed by atoms with van der Waals surface area (Å²) in [7, 11) is 3.06. The van der Waals surface area contributed by atoms with E-state index in [4.69, 9.17) is 16.0 Å². The third-order valence-electron chi connectivity index (χ3n) is 4.45. The number of nitrogens with zero attached hydrogens (tertiary/aromatic N) is 4. The molecule has 1 aromatic heterocycles. The number of urea groups is 1. The third kappa shape index (κ3) is 3.29. The molecule has 0 saturated carbocycles. The van der Waals surface area contributed by atoms with Crippen LogP contribution in [0.4, 0.5) is 4.79 Å². The number of rotatable bonds is 3. The Morgan fingerprint density at radius 2 is 2.07 bits per heavy atom. The van der Waals surface area contributed by atoms with Crippen molar-refractivity contribution in [3.8, 4) is 0 Å². The lowest BCUT2D eigenvalue weighted by Crippen LogP contribution is -2.54. The smallest absolute Gasteiger partial charge is 0.445 e. The molecule has 1 unspecified atom stereocenters. The van der Waals surface area contributed by atoms with Gasteiger partial charge in [-0.1, -0.05) is 28.7 Å². The topological polar surface area (TPSA) is 78.2 Å². The number of fused-ring (bicyclic) bond motifs is 1. The summed E-state index contributed by atoms with van der Waals surface area (Å²) in [6.45, 7) is 0. The summed E-state index contributed by atoms with van der Waals surface area (Å²) >= 11 is 7.48. The van der Waals surface area contributed by atoms with Crippen LogP contribution in [-0.4, -0.2) is 52.2 Å². The van der Waals surface area contributed by atoms with Gasteiger partial charge in [0.1, 0.15) is 5.04 Å². The number of aliphatic imine (C=N–C) groups is 2. The Morgan fingerprint density at radius 1 is 1.25 bits per heavy atom. The van der Waals surface area contributed by atoms with Crippen molar-refractivity contribution in [1.82, 2.24) is 4.90 Å². The molecule has 28 heavy (non-hydrogen) atoms. The van der Waals surface area contributed by atoms with E-state index in [0.717, 1.165) is 10.5 Å². The second-order valence-corrected chi connectivity index (χ2v) is 7.74. The van der Waals surface area contributed by atoms with Crippen LogP contribution in [0.5, 0.6) is 0 Å². The number of hydrogen-bond acceptors (Lipinski definition) is 6. The molecule has 4 rings (SSSR count). The van der Waals surface area contributed by atoms with Gasteiger partial charge in [-0.2, -0.15) is 9.48 Å². The van der Waals surface area contributed by atoms with Gasteiger partial charge in [0.25, 0.3) is 11.7 Å². The lowest BCUT2D eigenvalue weighted by molar-refractivity contribution is -0.407. The van der Waals surface area contributed by atoms with Gasteiger partial charge in [0.05, 0.1) is 20.4 Å². The van der Waals surface area contributed by atoms with Gasteiger partial charge in [-0.25, -0.2) is 9.79 Å². The molecule has 142 valence electrons. The minimum Gasteiger partial charge on any atom is -0.459 e. The molecule has 1 atom stereocenters. The van der Waals surface area contributed by atoms with Crippen LogP contribution in [0.25, 0.3) is 0 Å². The number of amidine groups is 2. The highest BCUT2D eigenvalue weighted by atomic mass is 35.5. The van der Waals surface area contributed by atoms with Crippen LogP contribution in [0.2, 0.25) is 5.02 Å².